The summed E-state index contributed by atoms with van der Waals surface area (Å²) in [6.45, 7) is 3.84. The Balaban J connectivity index is 1.86. The van der Waals surface area contributed by atoms with Gasteiger partial charge in [0.05, 0.1) is 0 Å². The third-order valence-electron chi connectivity index (χ3n) is 2.55. The summed E-state index contributed by atoms with van der Waals surface area (Å²) < 4.78 is 5.39. The molecule has 2 aromatic rings. The minimum Gasteiger partial charge on any atom is -0.484 e. The predicted molar refractivity (Wildman–Crippen MR) is 74.3 cm³/mol. The van der Waals surface area contributed by atoms with Crippen LogP contribution in [0.5, 0.6) is 5.75 Å². The van der Waals surface area contributed by atoms with E-state index in [1.165, 1.54) is 0 Å². The number of aryl methyl sites for hydroxylation is 2. The molecule has 0 bridgehead atoms. The Morgan fingerprint density at radius 2 is 1.89 bits per heavy atom. The molecule has 1 aromatic heterocycles. The summed E-state index contributed by atoms with van der Waals surface area (Å²) in [6, 6.07) is 13.0. The molecule has 0 aliphatic heterocycles. The third-order valence-corrected chi connectivity index (χ3v) is 2.55. The van der Waals surface area contributed by atoms with Crippen LogP contribution in [0.25, 0.3) is 0 Å². The number of ether oxygens (including phenoxy) is 1. The molecule has 0 fully saturated rings. The number of nitrogens with zero attached hydrogens (tertiary/aromatic N) is 1. The number of hydrogen-bond donors (Lipinski definition) is 1. The minimum absolute atomic E-state index is 0.0291. The van der Waals surface area contributed by atoms with E-state index in [9.17, 15) is 4.79 Å². The Morgan fingerprint density at radius 3 is 2.58 bits per heavy atom. The van der Waals surface area contributed by atoms with Gasteiger partial charge in [0.2, 0.25) is 0 Å². The van der Waals surface area contributed by atoms with Gasteiger partial charge in [-0.05, 0) is 38.1 Å². The van der Waals surface area contributed by atoms with Crippen LogP contribution in [0.1, 0.15) is 11.3 Å². The number of anilines is 1. The Hall–Kier alpha value is -2.36. The van der Waals surface area contributed by atoms with Gasteiger partial charge in [0.1, 0.15) is 11.6 Å². The van der Waals surface area contributed by atoms with Crippen molar-refractivity contribution in [2.45, 2.75) is 13.8 Å². The van der Waals surface area contributed by atoms with Gasteiger partial charge in [0.15, 0.2) is 6.61 Å². The number of pyridine rings is 1. The number of benzene rings is 1. The summed E-state index contributed by atoms with van der Waals surface area (Å²) in [6.07, 6.45) is 0. The normalized spacial score (nSPS) is 10.0. The van der Waals surface area contributed by atoms with Crippen LogP contribution in [0.3, 0.4) is 0 Å². The van der Waals surface area contributed by atoms with E-state index in [-0.39, 0.29) is 12.5 Å². The number of carbonyl (C=O) groups is 1. The second kappa shape index (κ2) is 6.00. The lowest BCUT2D eigenvalue weighted by Crippen LogP contribution is -2.20. The van der Waals surface area contributed by atoms with Crippen LogP contribution in [0, 0.1) is 13.8 Å². The SMILES string of the molecule is Cc1ccc(OCC(=O)Nc2cccc(C)n2)cc1. The van der Waals surface area contributed by atoms with E-state index in [4.69, 9.17) is 4.74 Å². The van der Waals surface area contributed by atoms with E-state index < -0.39 is 0 Å². The molecule has 1 amide bonds. The van der Waals surface area contributed by atoms with Crippen molar-refractivity contribution in [1.29, 1.82) is 0 Å². The molecular weight excluding hydrogens is 240 g/mol. The molecule has 4 nitrogen and oxygen atoms in total. The van der Waals surface area contributed by atoms with Gasteiger partial charge >= 0.3 is 0 Å². The Kier molecular flexibility index (Phi) is 4.13. The van der Waals surface area contributed by atoms with Gasteiger partial charge in [-0.3, -0.25) is 4.79 Å². The molecular formula is C15H16N2O2. The first-order valence-corrected chi connectivity index (χ1v) is 6.06. The van der Waals surface area contributed by atoms with Crippen LogP contribution in [0.15, 0.2) is 42.5 Å². The van der Waals surface area contributed by atoms with Gasteiger partial charge in [0.25, 0.3) is 5.91 Å². The van der Waals surface area contributed by atoms with Gasteiger partial charge in [0, 0.05) is 5.69 Å². The maximum atomic E-state index is 11.7. The molecule has 0 spiro atoms. The second-order valence-corrected chi connectivity index (χ2v) is 4.31. The lowest BCUT2D eigenvalue weighted by Gasteiger charge is -2.07. The van der Waals surface area contributed by atoms with Crippen LogP contribution in [-0.4, -0.2) is 17.5 Å². The average Bonchev–Trinajstić information content (AvgIpc) is 2.38. The van der Waals surface area contributed by atoms with Crippen molar-refractivity contribution in [2.75, 3.05) is 11.9 Å². The largest absolute Gasteiger partial charge is 0.484 e. The van der Waals surface area contributed by atoms with Gasteiger partial charge < -0.3 is 10.1 Å². The van der Waals surface area contributed by atoms with Crippen molar-refractivity contribution >= 4 is 11.7 Å². The number of rotatable bonds is 4. The van der Waals surface area contributed by atoms with Crippen molar-refractivity contribution < 1.29 is 9.53 Å². The van der Waals surface area contributed by atoms with Crippen LogP contribution >= 0.6 is 0 Å². The van der Waals surface area contributed by atoms with E-state index in [2.05, 4.69) is 10.3 Å². The monoisotopic (exact) mass is 256 g/mol. The zero-order valence-corrected chi connectivity index (χ0v) is 11.0. The fourth-order valence-corrected chi connectivity index (χ4v) is 1.57. The maximum absolute atomic E-state index is 11.7. The zero-order valence-electron chi connectivity index (χ0n) is 11.0. The quantitative estimate of drug-likeness (QED) is 0.915. The lowest BCUT2D eigenvalue weighted by molar-refractivity contribution is -0.118. The Morgan fingerprint density at radius 1 is 1.16 bits per heavy atom. The zero-order chi connectivity index (χ0) is 13.7. The number of hydrogen-bond acceptors (Lipinski definition) is 3. The first-order valence-electron chi connectivity index (χ1n) is 6.06. The third kappa shape index (κ3) is 4.10. The predicted octanol–water partition coefficient (Wildman–Crippen LogP) is 2.72. The summed E-state index contributed by atoms with van der Waals surface area (Å²) >= 11 is 0. The van der Waals surface area contributed by atoms with Crippen molar-refractivity contribution in [3.63, 3.8) is 0 Å². The molecule has 1 N–H and O–H groups in total. The fourth-order valence-electron chi connectivity index (χ4n) is 1.57. The first-order chi connectivity index (χ1) is 9.13. The summed E-state index contributed by atoms with van der Waals surface area (Å²) in [5.74, 6) is 0.995. The molecule has 19 heavy (non-hydrogen) atoms. The van der Waals surface area contributed by atoms with Gasteiger partial charge in [-0.15, -0.1) is 0 Å². The van der Waals surface area contributed by atoms with Gasteiger partial charge in [-0.1, -0.05) is 23.8 Å². The molecule has 98 valence electrons. The molecule has 1 heterocycles. The minimum atomic E-state index is -0.223. The van der Waals surface area contributed by atoms with Gasteiger partial charge in [-0.25, -0.2) is 4.98 Å². The van der Waals surface area contributed by atoms with Crippen molar-refractivity contribution in [2.24, 2.45) is 0 Å². The molecule has 0 aliphatic rings. The highest BCUT2D eigenvalue weighted by Crippen LogP contribution is 2.11. The van der Waals surface area contributed by atoms with Gasteiger partial charge in [-0.2, -0.15) is 0 Å². The van der Waals surface area contributed by atoms with E-state index in [0.717, 1.165) is 11.3 Å². The Labute approximate surface area is 112 Å². The first kappa shape index (κ1) is 13.1. The molecule has 0 saturated heterocycles. The van der Waals surface area contributed by atoms with E-state index in [1.807, 2.05) is 50.2 Å². The standard InChI is InChI=1S/C15H16N2O2/c1-11-6-8-13(9-7-11)19-10-15(18)17-14-5-3-4-12(2)16-14/h3-9H,10H2,1-2H3,(H,16,17,18). The van der Waals surface area contributed by atoms with Crippen LogP contribution in [0.2, 0.25) is 0 Å². The highest BCUT2D eigenvalue weighted by Gasteiger charge is 2.04. The number of nitrogens with one attached hydrogen (secondary N) is 1. The van der Waals surface area contributed by atoms with Crippen LogP contribution < -0.4 is 10.1 Å². The summed E-state index contributed by atoms with van der Waals surface area (Å²) in [7, 11) is 0. The highest BCUT2D eigenvalue weighted by atomic mass is 16.5. The average molecular weight is 256 g/mol. The molecule has 0 saturated carbocycles. The van der Waals surface area contributed by atoms with Crippen LogP contribution in [0.4, 0.5) is 5.82 Å². The molecule has 0 radical (unpaired) electrons. The van der Waals surface area contributed by atoms with Crippen molar-refractivity contribution in [3.05, 3.63) is 53.7 Å². The summed E-state index contributed by atoms with van der Waals surface area (Å²) in [4.78, 5) is 15.9. The highest BCUT2D eigenvalue weighted by molar-refractivity contribution is 5.90. The molecule has 0 unspecified atom stereocenters. The fraction of sp³-hybridized carbons (Fsp3) is 0.200. The summed E-state index contributed by atoms with van der Waals surface area (Å²) in [5, 5.41) is 2.69. The number of aromatic nitrogens is 1. The smallest absolute Gasteiger partial charge is 0.263 e. The van der Waals surface area contributed by atoms with E-state index >= 15 is 0 Å². The van der Waals surface area contributed by atoms with E-state index in [0.29, 0.717) is 11.6 Å². The van der Waals surface area contributed by atoms with Crippen LogP contribution in [-0.2, 0) is 4.79 Å². The van der Waals surface area contributed by atoms with Crippen molar-refractivity contribution in [1.82, 2.24) is 4.98 Å². The molecule has 0 aliphatic carbocycles. The van der Waals surface area contributed by atoms with E-state index in [1.54, 1.807) is 6.07 Å². The topological polar surface area (TPSA) is 51.2 Å². The van der Waals surface area contributed by atoms with Crippen molar-refractivity contribution in [3.8, 4) is 5.75 Å². The molecule has 1 aromatic carbocycles. The molecule has 0 atom stereocenters. The number of carbonyl (C=O) groups excluding carboxylic acids is 1. The Bertz CT molecular complexity index is 565. The summed E-state index contributed by atoms with van der Waals surface area (Å²) in [5.41, 5.74) is 2.01. The lowest BCUT2D eigenvalue weighted by atomic mass is 10.2. The molecule has 4 heteroatoms. The number of amides is 1. The maximum Gasteiger partial charge on any atom is 0.263 e. The second-order valence-electron chi connectivity index (χ2n) is 4.31. The molecule has 2 rings (SSSR count).